The maximum absolute atomic E-state index is 4.40. The molecule has 2 N–H and O–H groups in total. The summed E-state index contributed by atoms with van der Waals surface area (Å²) in [5.74, 6) is 1.49. The number of nitrogens with zero attached hydrogens (tertiary/aromatic N) is 3. The first kappa shape index (κ1) is 21.7. The highest BCUT2D eigenvalue weighted by Crippen LogP contribution is 2.21. The quantitative estimate of drug-likeness (QED) is 0.542. The molecular formula is C22H39N5. The van der Waals surface area contributed by atoms with Crippen molar-refractivity contribution in [2.45, 2.75) is 33.1 Å². The van der Waals surface area contributed by atoms with Crippen LogP contribution in [0.4, 0.5) is 0 Å². The largest absolute Gasteiger partial charge is 0.356 e. The van der Waals surface area contributed by atoms with Crippen molar-refractivity contribution >= 4 is 5.96 Å². The zero-order chi connectivity index (χ0) is 19.7. The van der Waals surface area contributed by atoms with E-state index in [9.17, 15) is 0 Å². The average Bonchev–Trinajstić information content (AvgIpc) is 2.69. The van der Waals surface area contributed by atoms with Gasteiger partial charge in [-0.15, -0.1) is 0 Å². The molecule has 0 bridgehead atoms. The van der Waals surface area contributed by atoms with E-state index >= 15 is 0 Å². The van der Waals surface area contributed by atoms with Crippen LogP contribution in [-0.4, -0.2) is 75.2 Å². The van der Waals surface area contributed by atoms with Crippen LogP contribution in [0.15, 0.2) is 35.3 Å². The first-order chi connectivity index (χ1) is 12.9. The number of likely N-dealkylation sites (N-methyl/N-ethyl adjacent to an activating group) is 1. The lowest BCUT2D eigenvalue weighted by atomic mass is 9.85. The summed E-state index contributed by atoms with van der Waals surface area (Å²) in [5.41, 5.74) is 1.40. The van der Waals surface area contributed by atoms with Gasteiger partial charge in [-0.1, -0.05) is 58.0 Å². The highest BCUT2D eigenvalue weighted by molar-refractivity contribution is 5.79. The molecule has 1 fully saturated rings. The third kappa shape index (κ3) is 7.15. The summed E-state index contributed by atoms with van der Waals surface area (Å²) in [4.78, 5) is 9.52. The molecule has 1 saturated heterocycles. The van der Waals surface area contributed by atoms with Gasteiger partial charge < -0.3 is 20.4 Å². The number of hydrogen-bond acceptors (Lipinski definition) is 3. The van der Waals surface area contributed by atoms with Crippen LogP contribution in [0.5, 0.6) is 0 Å². The van der Waals surface area contributed by atoms with Crippen molar-refractivity contribution in [1.29, 1.82) is 0 Å². The van der Waals surface area contributed by atoms with E-state index in [1.165, 1.54) is 38.3 Å². The van der Waals surface area contributed by atoms with Crippen LogP contribution in [-0.2, 0) is 5.41 Å². The predicted octanol–water partition coefficient (Wildman–Crippen LogP) is 2.40. The molecule has 0 aliphatic carbocycles. The molecule has 2 rings (SSSR count). The van der Waals surface area contributed by atoms with E-state index in [-0.39, 0.29) is 5.41 Å². The highest BCUT2D eigenvalue weighted by Gasteiger charge is 2.21. The molecule has 5 heteroatoms. The second-order valence-corrected chi connectivity index (χ2v) is 8.40. The summed E-state index contributed by atoms with van der Waals surface area (Å²) < 4.78 is 0. The number of nitrogens with one attached hydrogen (secondary N) is 2. The fourth-order valence-corrected chi connectivity index (χ4v) is 3.58. The van der Waals surface area contributed by atoms with Gasteiger partial charge in [0.25, 0.3) is 0 Å². The zero-order valence-electron chi connectivity index (χ0n) is 18.0. The fourth-order valence-electron chi connectivity index (χ4n) is 3.58. The van der Waals surface area contributed by atoms with Gasteiger partial charge in [0.2, 0.25) is 0 Å². The van der Waals surface area contributed by atoms with E-state index in [0.29, 0.717) is 5.92 Å². The Morgan fingerprint density at radius 3 is 2.30 bits per heavy atom. The van der Waals surface area contributed by atoms with E-state index in [0.717, 1.165) is 25.6 Å². The van der Waals surface area contributed by atoms with E-state index in [2.05, 4.69) is 83.5 Å². The number of piperazine rings is 1. The molecule has 1 aliphatic heterocycles. The molecule has 1 aliphatic rings. The molecule has 1 atom stereocenters. The summed E-state index contributed by atoms with van der Waals surface area (Å²) in [7, 11) is 1.85. The van der Waals surface area contributed by atoms with Crippen LogP contribution in [0.2, 0.25) is 0 Å². The minimum absolute atomic E-state index is 0.0590. The van der Waals surface area contributed by atoms with Crippen molar-refractivity contribution < 1.29 is 0 Å². The minimum Gasteiger partial charge on any atom is -0.356 e. The summed E-state index contributed by atoms with van der Waals surface area (Å²) in [6.45, 7) is 18.0. The average molecular weight is 374 g/mol. The molecule has 0 radical (unpaired) electrons. The Hall–Kier alpha value is -1.59. The Kier molecular flexibility index (Phi) is 8.58. The molecule has 0 saturated carbocycles. The lowest BCUT2D eigenvalue weighted by molar-refractivity contribution is 0.124. The Balaban J connectivity index is 1.72. The maximum Gasteiger partial charge on any atom is 0.191 e. The van der Waals surface area contributed by atoms with E-state index in [4.69, 9.17) is 0 Å². The highest BCUT2D eigenvalue weighted by atomic mass is 15.3. The van der Waals surface area contributed by atoms with Crippen LogP contribution >= 0.6 is 0 Å². The number of hydrogen-bond donors (Lipinski definition) is 2. The van der Waals surface area contributed by atoms with Gasteiger partial charge in [-0.25, -0.2) is 0 Å². The molecule has 1 unspecified atom stereocenters. The SMILES string of the molecule is CCN1CCN(CC(C)CNC(=NC)NCC(C)(C)c2ccccc2)CC1. The molecule has 0 spiro atoms. The molecule has 27 heavy (non-hydrogen) atoms. The van der Waals surface area contributed by atoms with Gasteiger partial charge in [0, 0.05) is 58.3 Å². The normalized spacial score (nSPS) is 18.3. The Morgan fingerprint density at radius 2 is 1.70 bits per heavy atom. The number of rotatable bonds is 8. The Labute approximate surface area is 166 Å². The van der Waals surface area contributed by atoms with E-state index < -0.39 is 0 Å². The van der Waals surface area contributed by atoms with Gasteiger partial charge in [0.1, 0.15) is 0 Å². The number of aliphatic imine (C=N–C) groups is 1. The molecule has 1 aromatic rings. The number of guanidine groups is 1. The molecule has 0 amide bonds. The molecule has 1 aromatic carbocycles. The first-order valence-corrected chi connectivity index (χ1v) is 10.4. The van der Waals surface area contributed by atoms with Crippen LogP contribution < -0.4 is 10.6 Å². The molecule has 0 aromatic heterocycles. The van der Waals surface area contributed by atoms with Gasteiger partial charge in [-0.05, 0) is 18.0 Å². The van der Waals surface area contributed by atoms with Crippen molar-refractivity contribution in [2.75, 3.05) is 59.4 Å². The van der Waals surface area contributed by atoms with Crippen LogP contribution in [0.1, 0.15) is 33.3 Å². The van der Waals surface area contributed by atoms with Crippen LogP contribution in [0.25, 0.3) is 0 Å². The van der Waals surface area contributed by atoms with Crippen LogP contribution in [0.3, 0.4) is 0 Å². The minimum atomic E-state index is 0.0590. The van der Waals surface area contributed by atoms with Crippen LogP contribution in [0, 0.1) is 5.92 Å². The van der Waals surface area contributed by atoms with Crippen molar-refractivity contribution in [3.8, 4) is 0 Å². The monoisotopic (exact) mass is 373 g/mol. The predicted molar refractivity (Wildman–Crippen MR) is 117 cm³/mol. The van der Waals surface area contributed by atoms with Crippen molar-refractivity contribution in [3.05, 3.63) is 35.9 Å². The van der Waals surface area contributed by atoms with Gasteiger partial charge in [0.15, 0.2) is 5.96 Å². The third-order valence-corrected chi connectivity index (χ3v) is 5.58. The van der Waals surface area contributed by atoms with Gasteiger partial charge in [-0.2, -0.15) is 0 Å². The Morgan fingerprint density at radius 1 is 1.07 bits per heavy atom. The summed E-state index contributed by atoms with van der Waals surface area (Å²) in [5, 5.41) is 7.00. The van der Waals surface area contributed by atoms with E-state index in [1.54, 1.807) is 0 Å². The van der Waals surface area contributed by atoms with Crippen molar-refractivity contribution in [2.24, 2.45) is 10.9 Å². The first-order valence-electron chi connectivity index (χ1n) is 10.4. The maximum atomic E-state index is 4.40. The smallest absolute Gasteiger partial charge is 0.191 e. The molecule has 1 heterocycles. The van der Waals surface area contributed by atoms with Gasteiger partial charge in [0.05, 0.1) is 0 Å². The molecular weight excluding hydrogens is 334 g/mol. The standard InChI is InChI=1S/C22H39N5/c1-6-26-12-14-27(15-13-26)17-19(2)16-24-21(23-5)25-18-22(3,4)20-10-8-7-9-11-20/h7-11,19H,6,12-18H2,1-5H3,(H2,23,24,25). The summed E-state index contributed by atoms with van der Waals surface area (Å²) in [6, 6.07) is 10.7. The van der Waals surface area contributed by atoms with Crippen molar-refractivity contribution in [1.82, 2.24) is 20.4 Å². The fraction of sp³-hybridized carbons (Fsp3) is 0.682. The topological polar surface area (TPSA) is 42.9 Å². The second kappa shape index (κ2) is 10.7. The molecule has 5 nitrogen and oxygen atoms in total. The molecule has 152 valence electrons. The lowest BCUT2D eigenvalue weighted by Crippen LogP contribution is -2.49. The Bertz CT molecular complexity index is 561. The lowest BCUT2D eigenvalue weighted by Gasteiger charge is -2.35. The second-order valence-electron chi connectivity index (χ2n) is 8.40. The summed E-state index contributed by atoms with van der Waals surface area (Å²) in [6.07, 6.45) is 0. The third-order valence-electron chi connectivity index (χ3n) is 5.58. The zero-order valence-corrected chi connectivity index (χ0v) is 18.0. The van der Waals surface area contributed by atoms with Gasteiger partial charge >= 0.3 is 0 Å². The van der Waals surface area contributed by atoms with Gasteiger partial charge in [-0.3, -0.25) is 4.99 Å². The van der Waals surface area contributed by atoms with E-state index in [1.807, 2.05) is 7.05 Å². The summed E-state index contributed by atoms with van der Waals surface area (Å²) >= 11 is 0. The van der Waals surface area contributed by atoms with Crippen molar-refractivity contribution in [3.63, 3.8) is 0 Å². The number of benzene rings is 1.